The quantitative estimate of drug-likeness (QED) is 0.843. The van der Waals surface area contributed by atoms with Crippen LogP contribution in [0, 0.1) is 12.8 Å². The number of rotatable bonds is 6. The van der Waals surface area contributed by atoms with Gasteiger partial charge in [0.1, 0.15) is 5.75 Å². The molecule has 1 aliphatic rings. The molecule has 1 saturated carbocycles. The summed E-state index contributed by atoms with van der Waals surface area (Å²) in [6.45, 7) is 3.93. The van der Waals surface area contributed by atoms with Gasteiger partial charge in [0.05, 0.1) is 19.3 Å². The molecular weight excluding hydrogens is 322 g/mol. The monoisotopic (exact) mass is 345 g/mol. The van der Waals surface area contributed by atoms with Crippen LogP contribution in [-0.4, -0.2) is 24.2 Å². The Bertz CT molecular complexity index is 710. The van der Waals surface area contributed by atoms with Crippen LogP contribution in [0.3, 0.4) is 0 Å². The fourth-order valence-electron chi connectivity index (χ4n) is 3.04. The summed E-state index contributed by atoms with van der Waals surface area (Å²) in [5.41, 5.74) is 2.04. The Morgan fingerprint density at radius 2 is 2.04 bits per heavy atom. The predicted molar refractivity (Wildman–Crippen MR) is 95.5 cm³/mol. The first-order valence-corrected chi connectivity index (χ1v) is 9.05. The number of methoxy groups -OCH3 is 1. The van der Waals surface area contributed by atoms with Crippen LogP contribution < -0.4 is 10.1 Å². The molecule has 4 atom stereocenters. The number of aryl methyl sites for hydroxylation is 1. The summed E-state index contributed by atoms with van der Waals surface area (Å²) in [4.78, 5) is 13.7. The zero-order valence-electron chi connectivity index (χ0n) is 14.2. The number of carbonyl (C=O) groups excluding carboxylic acids is 1. The summed E-state index contributed by atoms with van der Waals surface area (Å²) in [5.74, 6) is 1.16. The molecule has 0 saturated heterocycles. The average molecular weight is 345 g/mol. The van der Waals surface area contributed by atoms with Gasteiger partial charge in [-0.1, -0.05) is 12.1 Å². The number of amides is 1. The normalized spacial score (nSPS) is 21.8. The molecule has 128 valence electrons. The highest BCUT2D eigenvalue weighted by Gasteiger charge is 2.45. The molecule has 0 aliphatic heterocycles. The van der Waals surface area contributed by atoms with Crippen LogP contribution in [0.4, 0.5) is 0 Å². The van der Waals surface area contributed by atoms with Gasteiger partial charge in [-0.15, -0.1) is 11.3 Å². The Morgan fingerprint density at radius 3 is 2.62 bits per heavy atom. The van der Waals surface area contributed by atoms with E-state index in [4.69, 9.17) is 4.74 Å². The highest BCUT2D eigenvalue weighted by molar-refractivity contribution is 7.10. The van der Waals surface area contributed by atoms with E-state index in [1.165, 1.54) is 10.4 Å². The number of hydrogen-bond acceptors (Lipinski definition) is 4. The first-order valence-electron chi connectivity index (χ1n) is 8.17. The lowest BCUT2D eigenvalue weighted by Crippen LogP contribution is -2.38. The highest BCUT2D eigenvalue weighted by Crippen LogP contribution is 2.50. The minimum absolute atomic E-state index is 0.0351. The lowest BCUT2D eigenvalue weighted by Gasteiger charge is -2.21. The van der Waals surface area contributed by atoms with Crippen molar-refractivity contribution in [2.75, 3.05) is 7.11 Å². The Kier molecular flexibility index (Phi) is 4.92. The molecule has 2 N–H and O–H groups in total. The zero-order valence-corrected chi connectivity index (χ0v) is 15.0. The number of nitrogens with one attached hydrogen (secondary N) is 1. The topological polar surface area (TPSA) is 58.6 Å². The molecule has 1 amide bonds. The maximum absolute atomic E-state index is 12.4. The van der Waals surface area contributed by atoms with Crippen molar-refractivity contribution in [1.82, 2.24) is 5.32 Å². The van der Waals surface area contributed by atoms with Gasteiger partial charge in [0.15, 0.2) is 0 Å². The Labute approximate surface area is 146 Å². The smallest absolute Gasteiger partial charge is 0.224 e. The average Bonchev–Trinajstić information content (AvgIpc) is 3.28. The Morgan fingerprint density at radius 1 is 1.33 bits per heavy atom. The van der Waals surface area contributed by atoms with Crippen LogP contribution in [0.15, 0.2) is 35.7 Å². The summed E-state index contributed by atoms with van der Waals surface area (Å²) in [7, 11) is 1.61. The standard InChI is InChI=1S/C19H23NO3S/c1-11-8-9-24-18(11)15-10-16(15)19(22)20-12(2)17(21)13-4-6-14(23-3)7-5-13/h4-9,12,15-17,21H,10H2,1-3H3,(H,20,22). The van der Waals surface area contributed by atoms with Crippen molar-refractivity contribution in [2.45, 2.75) is 38.3 Å². The number of aliphatic hydroxyl groups is 1. The first-order chi connectivity index (χ1) is 11.5. The van der Waals surface area contributed by atoms with Crippen LogP contribution in [0.2, 0.25) is 0 Å². The van der Waals surface area contributed by atoms with E-state index in [0.717, 1.165) is 17.7 Å². The van der Waals surface area contributed by atoms with Crippen molar-refractivity contribution in [3.8, 4) is 5.75 Å². The van der Waals surface area contributed by atoms with Crippen LogP contribution in [0.25, 0.3) is 0 Å². The van der Waals surface area contributed by atoms with Gasteiger partial charge in [-0.25, -0.2) is 0 Å². The van der Waals surface area contributed by atoms with Gasteiger partial charge < -0.3 is 15.2 Å². The third-order valence-corrected chi connectivity index (χ3v) is 5.82. The predicted octanol–water partition coefficient (Wildman–Crippen LogP) is 3.41. The number of aliphatic hydroxyl groups excluding tert-OH is 1. The molecule has 1 aromatic carbocycles. The van der Waals surface area contributed by atoms with Crippen molar-refractivity contribution in [1.29, 1.82) is 0 Å². The van der Waals surface area contributed by atoms with E-state index in [0.29, 0.717) is 5.92 Å². The van der Waals surface area contributed by atoms with Gasteiger partial charge in [0.2, 0.25) is 5.91 Å². The van der Waals surface area contributed by atoms with E-state index in [9.17, 15) is 9.90 Å². The van der Waals surface area contributed by atoms with Crippen molar-refractivity contribution < 1.29 is 14.6 Å². The number of hydrogen-bond donors (Lipinski definition) is 2. The molecule has 5 heteroatoms. The third-order valence-electron chi connectivity index (χ3n) is 4.67. The molecule has 3 rings (SSSR count). The van der Waals surface area contributed by atoms with Gasteiger partial charge in [-0.2, -0.15) is 0 Å². The highest BCUT2D eigenvalue weighted by atomic mass is 32.1. The molecular formula is C19H23NO3S. The molecule has 1 heterocycles. The van der Waals surface area contributed by atoms with Gasteiger partial charge in [-0.3, -0.25) is 4.79 Å². The SMILES string of the molecule is COc1ccc(C(O)C(C)NC(=O)C2CC2c2sccc2C)cc1. The van der Waals surface area contributed by atoms with Gasteiger partial charge >= 0.3 is 0 Å². The van der Waals surface area contributed by atoms with Crippen molar-refractivity contribution in [2.24, 2.45) is 5.92 Å². The molecule has 1 fully saturated rings. The molecule has 4 nitrogen and oxygen atoms in total. The largest absolute Gasteiger partial charge is 0.497 e. The summed E-state index contributed by atoms with van der Waals surface area (Å²) >= 11 is 1.73. The fourth-order valence-corrected chi connectivity index (χ4v) is 4.15. The first kappa shape index (κ1) is 17.0. The van der Waals surface area contributed by atoms with E-state index in [-0.39, 0.29) is 17.9 Å². The van der Waals surface area contributed by atoms with E-state index >= 15 is 0 Å². The van der Waals surface area contributed by atoms with Crippen LogP contribution >= 0.6 is 11.3 Å². The number of benzene rings is 1. The maximum Gasteiger partial charge on any atom is 0.224 e. The van der Waals surface area contributed by atoms with E-state index < -0.39 is 6.10 Å². The fraction of sp³-hybridized carbons (Fsp3) is 0.421. The van der Waals surface area contributed by atoms with Crippen LogP contribution in [0.1, 0.15) is 41.4 Å². The lowest BCUT2D eigenvalue weighted by atomic mass is 10.0. The summed E-state index contributed by atoms with van der Waals surface area (Å²) in [5, 5.41) is 15.5. The molecule has 4 unspecified atom stereocenters. The van der Waals surface area contributed by atoms with Crippen molar-refractivity contribution in [3.63, 3.8) is 0 Å². The van der Waals surface area contributed by atoms with E-state index in [1.54, 1.807) is 18.4 Å². The summed E-state index contributed by atoms with van der Waals surface area (Å²) in [6.07, 6.45) is 0.166. The Balaban J connectivity index is 1.57. The summed E-state index contributed by atoms with van der Waals surface area (Å²) < 4.78 is 5.12. The van der Waals surface area contributed by atoms with Crippen molar-refractivity contribution in [3.05, 3.63) is 51.7 Å². The lowest BCUT2D eigenvalue weighted by molar-refractivity contribution is -0.123. The minimum atomic E-state index is -0.736. The van der Waals surface area contributed by atoms with Crippen LogP contribution in [-0.2, 0) is 4.79 Å². The molecule has 2 aromatic rings. The van der Waals surface area contributed by atoms with E-state index in [1.807, 2.05) is 31.2 Å². The molecule has 1 aliphatic carbocycles. The molecule has 0 spiro atoms. The maximum atomic E-state index is 12.4. The van der Waals surface area contributed by atoms with Gasteiger partial charge in [-0.05, 0) is 55.0 Å². The second-order valence-corrected chi connectivity index (χ2v) is 7.38. The van der Waals surface area contributed by atoms with Crippen molar-refractivity contribution >= 4 is 17.2 Å². The number of ether oxygens (including phenoxy) is 1. The summed E-state index contributed by atoms with van der Waals surface area (Å²) in [6, 6.07) is 9.02. The number of thiophene rings is 1. The van der Waals surface area contributed by atoms with Gasteiger partial charge in [0.25, 0.3) is 0 Å². The second kappa shape index (κ2) is 6.95. The third kappa shape index (κ3) is 3.47. The molecule has 1 aromatic heterocycles. The van der Waals surface area contributed by atoms with Gasteiger partial charge in [0, 0.05) is 16.7 Å². The Hall–Kier alpha value is -1.85. The van der Waals surface area contributed by atoms with E-state index in [2.05, 4.69) is 23.7 Å². The minimum Gasteiger partial charge on any atom is -0.497 e. The zero-order chi connectivity index (χ0) is 17.3. The molecule has 0 bridgehead atoms. The molecule has 24 heavy (non-hydrogen) atoms. The second-order valence-electron chi connectivity index (χ2n) is 6.43. The number of carbonyl (C=O) groups is 1. The van der Waals surface area contributed by atoms with Crippen LogP contribution in [0.5, 0.6) is 5.75 Å². The molecule has 0 radical (unpaired) electrons.